The van der Waals surface area contributed by atoms with Crippen LogP contribution in [0.15, 0.2) is 22.7 Å². The van der Waals surface area contributed by atoms with Gasteiger partial charge in [-0.1, -0.05) is 6.07 Å². The summed E-state index contributed by atoms with van der Waals surface area (Å²) in [5.74, 6) is 0. The van der Waals surface area contributed by atoms with E-state index < -0.39 is 0 Å². The van der Waals surface area contributed by atoms with Gasteiger partial charge in [-0.15, -0.1) is 0 Å². The van der Waals surface area contributed by atoms with Crippen molar-refractivity contribution in [3.8, 4) is 6.07 Å². The van der Waals surface area contributed by atoms with Gasteiger partial charge in [-0.25, -0.2) is 0 Å². The van der Waals surface area contributed by atoms with E-state index in [0.29, 0.717) is 6.42 Å². The molecule has 0 aliphatic carbocycles. The topological polar surface area (TPSA) is 39.1 Å². The molecule has 1 aromatic carbocycles. The molecule has 1 aliphatic heterocycles. The monoisotopic (exact) mass is 321 g/mol. The number of nitriles is 1. The summed E-state index contributed by atoms with van der Waals surface area (Å²) in [5, 5.41) is 12.5. The number of halogens is 1. The molecule has 19 heavy (non-hydrogen) atoms. The van der Waals surface area contributed by atoms with E-state index in [9.17, 15) is 0 Å². The molecule has 1 fully saturated rings. The Kier molecular flexibility index (Phi) is 4.17. The Balaban J connectivity index is 2.25. The largest absolute Gasteiger partial charge is 0.367 e. The van der Waals surface area contributed by atoms with Crippen LogP contribution in [0, 0.1) is 18.3 Å². The summed E-state index contributed by atoms with van der Waals surface area (Å²) in [4.78, 5) is 2.36. The van der Waals surface area contributed by atoms with Crippen molar-refractivity contribution in [2.45, 2.75) is 38.8 Å². The Labute approximate surface area is 123 Å². The molecule has 102 valence electrons. The van der Waals surface area contributed by atoms with Crippen molar-refractivity contribution in [1.82, 2.24) is 5.32 Å². The molecule has 1 N–H and O–H groups in total. The first kappa shape index (κ1) is 14.4. The smallest absolute Gasteiger partial charge is 0.0638 e. The molecule has 1 heterocycles. The maximum absolute atomic E-state index is 8.92. The van der Waals surface area contributed by atoms with Crippen LogP contribution in [-0.2, 0) is 0 Å². The molecule has 1 saturated heterocycles. The molecule has 0 aromatic heterocycles. The Bertz CT molecular complexity index is 505. The maximum Gasteiger partial charge on any atom is 0.0638 e. The fourth-order valence-corrected chi connectivity index (χ4v) is 3.47. The van der Waals surface area contributed by atoms with Crippen molar-refractivity contribution in [3.63, 3.8) is 0 Å². The van der Waals surface area contributed by atoms with Gasteiger partial charge >= 0.3 is 0 Å². The van der Waals surface area contributed by atoms with Gasteiger partial charge in [0.1, 0.15) is 0 Å². The van der Waals surface area contributed by atoms with Crippen molar-refractivity contribution >= 4 is 21.6 Å². The predicted octanol–water partition coefficient (Wildman–Crippen LogP) is 3.23. The molecule has 1 aromatic rings. The van der Waals surface area contributed by atoms with Gasteiger partial charge in [0, 0.05) is 29.1 Å². The van der Waals surface area contributed by atoms with Crippen LogP contribution in [0.3, 0.4) is 0 Å². The number of piperazine rings is 1. The highest BCUT2D eigenvalue weighted by Crippen LogP contribution is 2.30. The molecule has 3 nitrogen and oxygen atoms in total. The van der Waals surface area contributed by atoms with Gasteiger partial charge in [0.05, 0.1) is 18.2 Å². The van der Waals surface area contributed by atoms with Gasteiger partial charge < -0.3 is 10.2 Å². The van der Waals surface area contributed by atoms with Gasteiger partial charge in [0.25, 0.3) is 0 Å². The van der Waals surface area contributed by atoms with Crippen LogP contribution in [0.2, 0.25) is 0 Å². The molecule has 1 aliphatic rings. The van der Waals surface area contributed by atoms with E-state index in [0.717, 1.165) is 17.6 Å². The summed E-state index contributed by atoms with van der Waals surface area (Å²) < 4.78 is 1.13. The van der Waals surface area contributed by atoms with Gasteiger partial charge in [-0.2, -0.15) is 5.26 Å². The molecule has 1 atom stereocenters. The average molecular weight is 322 g/mol. The van der Waals surface area contributed by atoms with Crippen LogP contribution in [0.5, 0.6) is 0 Å². The Morgan fingerprint density at radius 1 is 1.53 bits per heavy atom. The van der Waals surface area contributed by atoms with Crippen molar-refractivity contribution in [3.05, 3.63) is 28.2 Å². The fraction of sp³-hybridized carbons (Fsp3) is 0.533. The van der Waals surface area contributed by atoms with Crippen LogP contribution < -0.4 is 10.2 Å². The van der Waals surface area contributed by atoms with E-state index >= 15 is 0 Å². The lowest BCUT2D eigenvalue weighted by molar-refractivity contribution is 0.291. The van der Waals surface area contributed by atoms with Gasteiger partial charge in [0.15, 0.2) is 0 Å². The third kappa shape index (κ3) is 3.49. The van der Waals surface area contributed by atoms with Crippen LogP contribution in [0.1, 0.15) is 25.8 Å². The van der Waals surface area contributed by atoms with Crippen LogP contribution in [0.25, 0.3) is 0 Å². The minimum atomic E-state index is 0.0179. The number of benzene rings is 1. The molecule has 0 saturated carbocycles. The average Bonchev–Trinajstić information content (AvgIpc) is 2.26. The number of nitrogens with zero attached hydrogens (tertiary/aromatic N) is 2. The number of hydrogen-bond donors (Lipinski definition) is 1. The highest BCUT2D eigenvalue weighted by atomic mass is 79.9. The van der Waals surface area contributed by atoms with Crippen LogP contribution >= 0.6 is 15.9 Å². The molecule has 4 heteroatoms. The van der Waals surface area contributed by atoms with Gasteiger partial charge in [-0.05, 0) is 54.4 Å². The zero-order valence-corrected chi connectivity index (χ0v) is 13.3. The second-order valence-electron chi connectivity index (χ2n) is 5.92. The number of aryl methyl sites for hydroxylation is 1. The minimum absolute atomic E-state index is 0.0179. The third-order valence-corrected chi connectivity index (χ3v) is 4.04. The van der Waals surface area contributed by atoms with Crippen molar-refractivity contribution < 1.29 is 0 Å². The molecular formula is C15H20BrN3. The molecule has 1 unspecified atom stereocenters. The Morgan fingerprint density at radius 2 is 2.26 bits per heavy atom. The zero-order valence-electron chi connectivity index (χ0n) is 11.7. The fourth-order valence-electron chi connectivity index (χ4n) is 2.73. The highest BCUT2D eigenvalue weighted by molar-refractivity contribution is 9.10. The van der Waals surface area contributed by atoms with Crippen molar-refractivity contribution in [2.24, 2.45) is 0 Å². The molecule has 0 radical (unpaired) electrons. The summed E-state index contributed by atoms with van der Waals surface area (Å²) >= 11 is 3.65. The lowest BCUT2D eigenvalue weighted by Crippen LogP contribution is -2.62. The Hall–Kier alpha value is -1.05. The second-order valence-corrected chi connectivity index (χ2v) is 6.78. The summed E-state index contributed by atoms with van der Waals surface area (Å²) in [6.45, 7) is 8.28. The number of rotatable bonds is 2. The lowest BCUT2D eigenvalue weighted by atomic mass is 9.96. The van der Waals surface area contributed by atoms with Gasteiger partial charge in [0.2, 0.25) is 0 Å². The molecule has 0 bridgehead atoms. The molecular weight excluding hydrogens is 302 g/mol. The quantitative estimate of drug-likeness (QED) is 0.909. The Morgan fingerprint density at radius 3 is 2.89 bits per heavy atom. The van der Waals surface area contributed by atoms with Crippen LogP contribution in [-0.4, -0.2) is 24.7 Å². The van der Waals surface area contributed by atoms with E-state index in [2.05, 4.69) is 71.2 Å². The molecule has 0 spiro atoms. The zero-order chi connectivity index (χ0) is 14.0. The lowest BCUT2D eigenvalue weighted by Gasteiger charge is -2.44. The van der Waals surface area contributed by atoms with E-state index in [-0.39, 0.29) is 11.6 Å². The summed E-state index contributed by atoms with van der Waals surface area (Å²) in [5.41, 5.74) is 2.48. The number of hydrogen-bond acceptors (Lipinski definition) is 3. The van der Waals surface area contributed by atoms with Crippen molar-refractivity contribution in [2.75, 3.05) is 18.0 Å². The SMILES string of the molecule is Cc1ccc(N2CC(CC#N)NC(C)(C)C2)c(Br)c1. The van der Waals surface area contributed by atoms with Crippen molar-refractivity contribution in [1.29, 1.82) is 5.26 Å². The first-order valence-electron chi connectivity index (χ1n) is 6.57. The number of anilines is 1. The standard InChI is InChI=1S/C15H20BrN3/c1-11-4-5-14(13(16)8-11)19-9-12(6-7-17)18-15(2,3)10-19/h4-5,8,12,18H,6,9-10H2,1-3H3. The highest BCUT2D eigenvalue weighted by Gasteiger charge is 2.32. The van der Waals surface area contributed by atoms with Gasteiger partial charge in [-0.3, -0.25) is 0 Å². The molecule has 0 amide bonds. The normalized spacial score (nSPS) is 22.1. The summed E-state index contributed by atoms with van der Waals surface area (Å²) in [6, 6.07) is 8.93. The number of nitrogens with one attached hydrogen (secondary N) is 1. The van der Waals surface area contributed by atoms with E-state index in [4.69, 9.17) is 5.26 Å². The van der Waals surface area contributed by atoms with Crippen LogP contribution in [0.4, 0.5) is 5.69 Å². The van der Waals surface area contributed by atoms with E-state index in [1.807, 2.05) is 0 Å². The molecule has 2 rings (SSSR count). The third-order valence-electron chi connectivity index (χ3n) is 3.40. The summed E-state index contributed by atoms with van der Waals surface area (Å²) in [7, 11) is 0. The second kappa shape index (κ2) is 5.52. The predicted molar refractivity (Wildman–Crippen MR) is 82.3 cm³/mol. The van der Waals surface area contributed by atoms with E-state index in [1.54, 1.807) is 0 Å². The summed E-state index contributed by atoms with van der Waals surface area (Å²) in [6.07, 6.45) is 0.545. The van der Waals surface area contributed by atoms with E-state index in [1.165, 1.54) is 11.3 Å². The first-order chi connectivity index (χ1) is 8.91. The minimum Gasteiger partial charge on any atom is -0.367 e. The first-order valence-corrected chi connectivity index (χ1v) is 7.36. The maximum atomic E-state index is 8.92.